The molecule has 0 bridgehead atoms. The maximum atomic E-state index is 13.4. The van der Waals surface area contributed by atoms with Gasteiger partial charge in [0.2, 0.25) is 0 Å². The number of oxime groups is 1. The Kier molecular flexibility index (Phi) is 7.47. The second kappa shape index (κ2) is 11.5. The topological polar surface area (TPSA) is 71.8 Å². The fraction of sp³-hybridized carbons (Fsp3) is 0.258. The van der Waals surface area contributed by atoms with E-state index in [0.717, 1.165) is 65.5 Å². The van der Waals surface area contributed by atoms with Crippen LogP contribution in [-0.2, 0) is 10.6 Å². The lowest BCUT2D eigenvalue weighted by molar-refractivity contribution is 0.0163. The van der Waals surface area contributed by atoms with E-state index >= 15 is 0 Å². The van der Waals surface area contributed by atoms with Crippen LogP contribution in [0.25, 0.3) is 0 Å². The van der Waals surface area contributed by atoms with E-state index in [2.05, 4.69) is 38.0 Å². The first kappa shape index (κ1) is 25.4. The number of anilines is 1. The molecule has 1 amide bonds. The highest BCUT2D eigenvalue weighted by atomic mass is 32.2. The van der Waals surface area contributed by atoms with E-state index in [1.165, 1.54) is 0 Å². The van der Waals surface area contributed by atoms with Crippen LogP contribution in [0.3, 0.4) is 0 Å². The van der Waals surface area contributed by atoms with Gasteiger partial charge in [-0.15, -0.1) is 11.8 Å². The molecule has 8 heteroatoms. The quantitative estimate of drug-likeness (QED) is 0.239. The van der Waals surface area contributed by atoms with Crippen LogP contribution in [0.2, 0.25) is 0 Å². The van der Waals surface area contributed by atoms with Crippen molar-refractivity contribution >= 4 is 29.1 Å². The van der Waals surface area contributed by atoms with Crippen LogP contribution in [0.4, 0.5) is 5.69 Å². The number of hydrogen-bond acceptors (Lipinski definition) is 6. The minimum atomic E-state index is -0.117. The summed E-state index contributed by atoms with van der Waals surface area (Å²) in [6.07, 6.45) is 7.69. The van der Waals surface area contributed by atoms with Gasteiger partial charge in [-0.2, -0.15) is 0 Å². The maximum Gasteiger partial charge on any atom is 0.257 e. The molecule has 1 fully saturated rings. The second-order valence-electron chi connectivity index (χ2n) is 9.98. The van der Waals surface area contributed by atoms with Crippen LogP contribution in [0.5, 0.6) is 0 Å². The first-order valence-corrected chi connectivity index (χ1v) is 14.3. The molecule has 0 spiro atoms. The highest BCUT2D eigenvalue weighted by Crippen LogP contribution is 2.42. The number of carbonyl (C=O) groups is 1. The normalized spacial score (nSPS) is 18.1. The molecule has 39 heavy (non-hydrogen) atoms. The lowest BCUT2D eigenvalue weighted by atomic mass is 10.0. The van der Waals surface area contributed by atoms with E-state index in [4.69, 9.17) is 4.84 Å². The molecular weight excluding hydrogens is 506 g/mol. The molecule has 0 saturated carbocycles. The van der Waals surface area contributed by atoms with Gasteiger partial charge in [-0.05, 0) is 44.2 Å². The highest BCUT2D eigenvalue weighted by Gasteiger charge is 2.28. The average molecular weight is 538 g/mol. The zero-order valence-electron chi connectivity index (χ0n) is 21.9. The second-order valence-corrected chi connectivity index (χ2v) is 11.1. The number of piperidine rings is 1. The number of likely N-dealkylation sites (tertiary alicyclic amines) is 1. The van der Waals surface area contributed by atoms with Crippen molar-refractivity contribution in [2.75, 3.05) is 25.5 Å². The predicted octanol–water partition coefficient (Wildman–Crippen LogP) is 5.79. The van der Waals surface area contributed by atoms with E-state index in [0.29, 0.717) is 5.56 Å². The predicted molar refractivity (Wildman–Crippen MR) is 156 cm³/mol. The van der Waals surface area contributed by atoms with Crippen LogP contribution in [0, 0.1) is 0 Å². The molecule has 1 saturated heterocycles. The third-order valence-electron chi connectivity index (χ3n) is 7.27. The summed E-state index contributed by atoms with van der Waals surface area (Å²) < 4.78 is 2.17. The molecule has 7 nitrogen and oxygen atoms in total. The number of nitrogens with one attached hydrogen (secondary N) is 1. The fourth-order valence-corrected chi connectivity index (χ4v) is 6.41. The molecule has 4 aromatic rings. The van der Waals surface area contributed by atoms with Gasteiger partial charge in [0.15, 0.2) is 0 Å². The van der Waals surface area contributed by atoms with Crippen LogP contribution >= 0.6 is 11.8 Å². The minimum absolute atomic E-state index is 0.105. The summed E-state index contributed by atoms with van der Waals surface area (Å²) in [5.74, 6) is 0.656. The van der Waals surface area contributed by atoms with E-state index in [9.17, 15) is 4.79 Å². The van der Waals surface area contributed by atoms with Crippen LogP contribution in [0.1, 0.15) is 51.0 Å². The van der Waals surface area contributed by atoms with E-state index in [1.807, 2.05) is 79.1 Å². The molecule has 1 atom stereocenters. The number of nitrogens with zero attached hydrogens (tertiary/aromatic N) is 4. The molecule has 0 radical (unpaired) electrons. The van der Waals surface area contributed by atoms with Gasteiger partial charge in [-0.1, -0.05) is 53.7 Å². The van der Waals surface area contributed by atoms with E-state index < -0.39 is 0 Å². The van der Waals surface area contributed by atoms with Crippen LogP contribution in [0.15, 0.2) is 96.5 Å². The number of thioether (sulfide) groups is 1. The summed E-state index contributed by atoms with van der Waals surface area (Å²) >= 11 is 1.80. The summed E-state index contributed by atoms with van der Waals surface area (Å²) in [7, 11) is 2.13. The first-order valence-electron chi connectivity index (χ1n) is 13.3. The van der Waals surface area contributed by atoms with Gasteiger partial charge < -0.3 is 19.6 Å². The SMILES string of the molecule is CN1CCC(O/N=C(/c2ccccc2)c2cccc(NC(=O)c3ccn4c3CS[C@@H]4c3cccnc3)c2)CC1. The van der Waals surface area contributed by atoms with Crippen molar-refractivity contribution in [1.82, 2.24) is 14.5 Å². The van der Waals surface area contributed by atoms with Crippen molar-refractivity contribution in [3.8, 4) is 0 Å². The Morgan fingerprint density at radius 3 is 2.64 bits per heavy atom. The van der Waals surface area contributed by atoms with Crippen molar-refractivity contribution in [3.05, 3.63) is 119 Å². The summed E-state index contributed by atoms with van der Waals surface area (Å²) in [5, 5.41) is 7.88. The van der Waals surface area contributed by atoms with Gasteiger partial charge >= 0.3 is 0 Å². The first-order chi connectivity index (χ1) is 19.2. The molecule has 2 aromatic heterocycles. The molecule has 198 valence electrons. The number of aromatic nitrogens is 2. The molecule has 0 aliphatic carbocycles. The molecule has 2 aromatic carbocycles. The molecule has 2 aliphatic heterocycles. The number of fused-ring (bicyclic) bond motifs is 1. The Morgan fingerprint density at radius 1 is 1.03 bits per heavy atom. The summed E-state index contributed by atoms with van der Waals surface area (Å²) in [6.45, 7) is 2.02. The monoisotopic (exact) mass is 537 g/mol. The number of benzene rings is 2. The summed E-state index contributed by atoms with van der Waals surface area (Å²) in [6, 6.07) is 23.8. The third-order valence-corrected chi connectivity index (χ3v) is 8.52. The Morgan fingerprint density at radius 2 is 1.85 bits per heavy atom. The van der Waals surface area contributed by atoms with Gasteiger partial charge in [0.05, 0.1) is 5.56 Å². The van der Waals surface area contributed by atoms with Crippen molar-refractivity contribution < 1.29 is 9.63 Å². The molecule has 0 unspecified atom stereocenters. The van der Waals surface area contributed by atoms with Crippen molar-refractivity contribution in [2.24, 2.45) is 5.16 Å². The number of pyridine rings is 1. The highest BCUT2D eigenvalue weighted by molar-refractivity contribution is 7.99. The molecule has 6 rings (SSSR count). The standard InChI is InChI=1S/C31H31N5O2S/c1-35-16-12-26(13-17-35)38-34-29(22-7-3-2-4-8-22)23-9-5-11-25(19-23)33-30(37)27-14-18-36-28(27)21-39-31(36)24-10-6-15-32-20-24/h2-11,14-15,18-20,26,31H,12-13,16-17,21H2,1H3,(H,33,37)/b34-29-/t31-/m1/s1. The van der Waals surface area contributed by atoms with Gasteiger partial charge in [0.25, 0.3) is 5.91 Å². The van der Waals surface area contributed by atoms with Gasteiger partial charge in [0, 0.05) is 65.5 Å². The molecule has 4 heterocycles. The summed E-state index contributed by atoms with van der Waals surface area (Å²) in [5.41, 5.74) is 6.19. The minimum Gasteiger partial charge on any atom is -0.392 e. The summed E-state index contributed by atoms with van der Waals surface area (Å²) in [4.78, 5) is 26.0. The lowest BCUT2D eigenvalue weighted by Gasteiger charge is -2.27. The molecule has 2 aliphatic rings. The number of rotatable bonds is 7. The van der Waals surface area contributed by atoms with Gasteiger partial charge in [0.1, 0.15) is 17.2 Å². The van der Waals surface area contributed by atoms with Crippen molar-refractivity contribution in [1.29, 1.82) is 0 Å². The van der Waals surface area contributed by atoms with Crippen molar-refractivity contribution in [2.45, 2.75) is 30.1 Å². The Balaban J connectivity index is 1.22. The average Bonchev–Trinajstić information content (AvgIpc) is 3.58. The van der Waals surface area contributed by atoms with Gasteiger partial charge in [-0.3, -0.25) is 9.78 Å². The smallest absolute Gasteiger partial charge is 0.257 e. The van der Waals surface area contributed by atoms with E-state index in [1.54, 1.807) is 18.0 Å². The van der Waals surface area contributed by atoms with E-state index in [-0.39, 0.29) is 17.4 Å². The lowest BCUT2D eigenvalue weighted by Crippen LogP contribution is -2.33. The number of amides is 1. The molecular formula is C31H31N5O2S. The van der Waals surface area contributed by atoms with Crippen LogP contribution in [-0.4, -0.2) is 52.3 Å². The Labute approximate surface area is 232 Å². The number of hydrogen-bond donors (Lipinski definition) is 1. The fourth-order valence-electron chi connectivity index (χ4n) is 5.10. The maximum absolute atomic E-state index is 13.4. The Bertz CT molecular complexity index is 1460. The zero-order chi connectivity index (χ0) is 26.6. The third kappa shape index (κ3) is 5.62. The largest absolute Gasteiger partial charge is 0.392 e. The number of carbonyl (C=O) groups excluding carboxylic acids is 1. The Hall–Kier alpha value is -3.88. The van der Waals surface area contributed by atoms with Gasteiger partial charge in [-0.25, -0.2) is 0 Å². The van der Waals surface area contributed by atoms with Crippen molar-refractivity contribution in [3.63, 3.8) is 0 Å². The molecule has 1 N–H and O–H groups in total. The zero-order valence-corrected chi connectivity index (χ0v) is 22.7. The van der Waals surface area contributed by atoms with Crippen LogP contribution < -0.4 is 5.32 Å².